The molecule has 19 heavy (non-hydrogen) atoms. The van der Waals surface area contributed by atoms with Crippen LogP contribution in [0.25, 0.3) is 10.9 Å². The standard InChI is InChI=1S/C16H21N3/c1-2-19(14-7-5-11-17-12-14)16-10-9-13-6-3-4-8-15(13)18-16/h3-4,6,8-10,14,17H,2,5,7,11-12H2,1H3. The van der Waals surface area contributed by atoms with Crippen LogP contribution in [-0.2, 0) is 0 Å². The summed E-state index contributed by atoms with van der Waals surface area (Å²) in [6.07, 6.45) is 2.52. The van der Waals surface area contributed by atoms with Crippen molar-refractivity contribution in [3.63, 3.8) is 0 Å². The van der Waals surface area contributed by atoms with Gasteiger partial charge in [0.1, 0.15) is 5.82 Å². The molecule has 3 heteroatoms. The number of rotatable bonds is 3. The van der Waals surface area contributed by atoms with Gasteiger partial charge in [-0.3, -0.25) is 0 Å². The average Bonchev–Trinajstić information content (AvgIpc) is 2.49. The third kappa shape index (κ3) is 2.56. The molecule has 0 amide bonds. The average molecular weight is 255 g/mol. The summed E-state index contributed by atoms with van der Waals surface area (Å²) in [5.41, 5.74) is 1.09. The number of nitrogens with zero attached hydrogens (tertiary/aromatic N) is 2. The van der Waals surface area contributed by atoms with Gasteiger partial charge in [-0.05, 0) is 44.5 Å². The lowest BCUT2D eigenvalue weighted by atomic mass is 10.1. The SMILES string of the molecule is CCN(c1ccc2ccccc2n1)C1CCCNC1. The van der Waals surface area contributed by atoms with E-state index >= 15 is 0 Å². The maximum Gasteiger partial charge on any atom is 0.129 e. The third-order valence-corrected chi connectivity index (χ3v) is 3.93. The Morgan fingerprint density at radius 1 is 1.26 bits per heavy atom. The Kier molecular flexibility index (Phi) is 3.65. The molecule has 1 N–H and O–H groups in total. The topological polar surface area (TPSA) is 28.2 Å². The van der Waals surface area contributed by atoms with Gasteiger partial charge >= 0.3 is 0 Å². The van der Waals surface area contributed by atoms with Crippen LogP contribution in [0.2, 0.25) is 0 Å². The maximum absolute atomic E-state index is 4.82. The van der Waals surface area contributed by atoms with Crippen LogP contribution < -0.4 is 10.2 Å². The van der Waals surface area contributed by atoms with Gasteiger partial charge < -0.3 is 10.2 Å². The fourth-order valence-corrected chi connectivity index (χ4v) is 2.92. The summed E-state index contributed by atoms with van der Waals surface area (Å²) in [5, 5.41) is 4.70. The molecule has 1 aromatic heterocycles. The molecule has 0 spiro atoms. The molecular weight excluding hydrogens is 234 g/mol. The van der Waals surface area contributed by atoms with Crippen molar-refractivity contribution >= 4 is 16.7 Å². The Hall–Kier alpha value is -1.61. The number of piperidine rings is 1. The Morgan fingerprint density at radius 2 is 2.16 bits per heavy atom. The normalized spacial score (nSPS) is 19.5. The lowest BCUT2D eigenvalue weighted by molar-refractivity contribution is 0.433. The molecule has 3 rings (SSSR count). The third-order valence-electron chi connectivity index (χ3n) is 3.93. The molecule has 1 unspecified atom stereocenters. The van der Waals surface area contributed by atoms with Crippen molar-refractivity contribution in [1.82, 2.24) is 10.3 Å². The zero-order valence-corrected chi connectivity index (χ0v) is 11.5. The van der Waals surface area contributed by atoms with Crippen LogP contribution >= 0.6 is 0 Å². The first kappa shape index (κ1) is 12.4. The van der Waals surface area contributed by atoms with Gasteiger partial charge in [-0.1, -0.05) is 18.2 Å². The number of aromatic nitrogens is 1. The van der Waals surface area contributed by atoms with Gasteiger partial charge in [0, 0.05) is 24.5 Å². The second-order valence-electron chi connectivity index (χ2n) is 5.15. The quantitative estimate of drug-likeness (QED) is 0.914. The van der Waals surface area contributed by atoms with Crippen molar-refractivity contribution in [3.8, 4) is 0 Å². The summed E-state index contributed by atoms with van der Waals surface area (Å²) in [6, 6.07) is 13.2. The van der Waals surface area contributed by atoms with E-state index in [1.807, 2.05) is 0 Å². The molecule has 3 nitrogen and oxygen atoms in total. The molecule has 0 radical (unpaired) electrons. The van der Waals surface area contributed by atoms with Gasteiger partial charge in [-0.15, -0.1) is 0 Å². The van der Waals surface area contributed by atoms with Crippen molar-refractivity contribution in [1.29, 1.82) is 0 Å². The highest BCUT2D eigenvalue weighted by Gasteiger charge is 2.20. The molecular formula is C16H21N3. The van der Waals surface area contributed by atoms with Crippen LogP contribution in [0.4, 0.5) is 5.82 Å². The number of likely N-dealkylation sites (N-methyl/N-ethyl adjacent to an activating group) is 1. The van der Waals surface area contributed by atoms with Crippen LogP contribution in [0.3, 0.4) is 0 Å². The monoisotopic (exact) mass is 255 g/mol. The minimum atomic E-state index is 0.576. The number of pyridine rings is 1. The van der Waals surface area contributed by atoms with Crippen molar-refractivity contribution in [3.05, 3.63) is 36.4 Å². The van der Waals surface area contributed by atoms with Crippen LogP contribution in [0.1, 0.15) is 19.8 Å². The molecule has 1 aliphatic rings. The molecule has 1 fully saturated rings. The van der Waals surface area contributed by atoms with Gasteiger partial charge in [0.15, 0.2) is 0 Å². The Labute approximate surface area is 114 Å². The lowest BCUT2D eigenvalue weighted by Gasteiger charge is -2.35. The van der Waals surface area contributed by atoms with Crippen LogP contribution in [0, 0.1) is 0 Å². The summed E-state index contributed by atoms with van der Waals surface area (Å²) in [4.78, 5) is 7.25. The predicted octanol–water partition coefficient (Wildman–Crippen LogP) is 2.81. The zero-order chi connectivity index (χ0) is 13.1. The van der Waals surface area contributed by atoms with E-state index in [-0.39, 0.29) is 0 Å². The first-order valence-electron chi connectivity index (χ1n) is 7.21. The van der Waals surface area contributed by atoms with Gasteiger partial charge in [0.25, 0.3) is 0 Å². The van der Waals surface area contributed by atoms with Crippen LogP contribution in [0.5, 0.6) is 0 Å². The number of fused-ring (bicyclic) bond motifs is 1. The maximum atomic E-state index is 4.82. The van der Waals surface area contributed by atoms with Crippen molar-refractivity contribution in [2.45, 2.75) is 25.8 Å². The van der Waals surface area contributed by atoms with E-state index in [2.05, 4.69) is 53.5 Å². The Morgan fingerprint density at radius 3 is 2.95 bits per heavy atom. The molecule has 1 atom stereocenters. The Balaban J connectivity index is 1.91. The van der Waals surface area contributed by atoms with Crippen molar-refractivity contribution in [2.75, 3.05) is 24.5 Å². The van der Waals surface area contributed by atoms with Crippen molar-refractivity contribution in [2.24, 2.45) is 0 Å². The first-order chi connectivity index (χ1) is 9.38. The van der Waals surface area contributed by atoms with E-state index < -0.39 is 0 Å². The molecule has 100 valence electrons. The van der Waals surface area contributed by atoms with Crippen LogP contribution in [0.15, 0.2) is 36.4 Å². The Bertz CT molecular complexity index is 546. The number of anilines is 1. The van der Waals surface area contributed by atoms with Crippen LogP contribution in [-0.4, -0.2) is 30.7 Å². The summed E-state index contributed by atoms with van der Waals surface area (Å²) < 4.78 is 0. The number of hydrogen-bond donors (Lipinski definition) is 1. The minimum absolute atomic E-state index is 0.576. The van der Waals surface area contributed by atoms with E-state index in [4.69, 9.17) is 4.98 Å². The van der Waals surface area contributed by atoms with E-state index in [1.165, 1.54) is 18.2 Å². The molecule has 2 aromatic rings. The lowest BCUT2D eigenvalue weighted by Crippen LogP contribution is -2.46. The van der Waals surface area contributed by atoms with Gasteiger partial charge in [0.2, 0.25) is 0 Å². The summed E-state index contributed by atoms with van der Waals surface area (Å²) in [7, 11) is 0. The second kappa shape index (κ2) is 5.57. The number of hydrogen-bond acceptors (Lipinski definition) is 3. The highest BCUT2D eigenvalue weighted by atomic mass is 15.2. The number of nitrogens with one attached hydrogen (secondary N) is 1. The van der Waals surface area contributed by atoms with Gasteiger partial charge in [-0.25, -0.2) is 4.98 Å². The van der Waals surface area contributed by atoms with E-state index in [0.717, 1.165) is 31.0 Å². The van der Waals surface area contributed by atoms with Gasteiger partial charge in [-0.2, -0.15) is 0 Å². The number of para-hydroxylation sites is 1. The second-order valence-corrected chi connectivity index (χ2v) is 5.15. The molecule has 1 saturated heterocycles. The highest BCUT2D eigenvalue weighted by molar-refractivity contribution is 5.80. The zero-order valence-electron chi connectivity index (χ0n) is 11.5. The van der Waals surface area contributed by atoms with E-state index in [9.17, 15) is 0 Å². The fraction of sp³-hybridized carbons (Fsp3) is 0.438. The summed E-state index contributed by atoms with van der Waals surface area (Å²) >= 11 is 0. The molecule has 2 heterocycles. The first-order valence-corrected chi connectivity index (χ1v) is 7.21. The summed E-state index contributed by atoms with van der Waals surface area (Å²) in [6.45, 7) is 5.45. The fourth-order valence-electron chi connectivity index (χ4n) is 2.92. The number of benzene rings is 1. The van der Waals surface area contributed by atoms with Gasteiger partial charge in [0.05, 0.1) is 5.52 Å². The minimum Gasteiger partial charge on any atom is -0.353 e. The van der Waals surface area contributed by atoms with Crippen molar-refractivity contribution < 1.29 is 0 Å². The molecule has 0 aliphatic carbocycles. The molecule has 1 aromatic carbocycles. The smallest absolute Gasteiger partial charge is 0.129 e. The molecule has 0 bridgehead atoms. The molecule has 0 saturated carbocycles. The van der Waals surface area contributed by atoms with E-state index in [1.54, 1.807) is 0 Å². The van der Waals surface area contributed by atoms with E-state index in [0.29, 0.717) is 6.04 Å². The largest absolute Gasteiger partial charge is 0.353 e. The molecule has 1 aliphatic heterocycles. The predicted molar refractivity (Wildman–Crippen MR) is 80.7 cm³/mol. The summed E-state index contributed by atoms with van der Waals surface area (Å²) in [5.74, 6) is 1.11. The highest BCUT2D eigenvalue weighted by Crippen LogP contribution is 2.21.